The molecule has 0 N–H and O–H groups in total. The summed E-state index contributed by atoms with van der Waals surface area (Å²) in [5, 5.41) is 0. The molecule has 2 aromatic rings. The first-order valence-corrected chi connectivity index (χ1v) is 7.67. The Morgan fingerprint density at radius 2 is 2.00 bits per heavy atom. The predicted molar refractivity (Wildman–Crippen MR) is 83.7 cm³/mol. The Balaban J connectivity index is 1.49. The normalized spacial score (nSPS) is 18.0. The maximum absolute atomic E-state index is 12.5. The fourth-order valence-electron chi connectivity index (χ4n) is 3.45. The van der Waals surface area contributed by atoms with Crippen molar-refractivity contribution in [1.29, 1.82) is 0 Å². The molecule has 2 aliphatic rings. The highest BCUT2D eigenvalue weighted by Crippen LogP contribution is 2.41. The van der Waals surface area contributed by atoms with E-state index in [9.17, 15) is 9.59 Å². The molecule has 0 aliphatic carbocycles. The number of fused-ring (bicyclic) bond motifs is 1. The van der Waals surface area contributed by atoms with Crippen molar-refractivity contribution in [2.45, 2.75) is 13.3 Å². The van der Waals surface area contributed by atoms with Crippen molar-refractivity contribution in [2.75, 3.05) is 19.7 Å². The van der Waals surface area contributed by atoms with Crippen LogP contribution in [0, 0.1) is 12.3 Å². The molecule has 1 fully saturated rings. The molecular formula is C18H17NO4. The van der Waals surface area contributed by atoms with Crippen LogP contribution in [0.25, 0.3) is 0 Å². The van der Waals surface area contributed by atoms with Crippen molar-refractivity contribution in [3.63, 3.8) is 0 Å². The lowest BCUT2D eigenvalue weighted by molar-refractivity contribution is -0.0307. The smallest absolute Gasteiger partial charge is 0.289 e. The number of carbonyl (C=O) groups excluding carboxylic acids is 1. The average Bonchev–Trinajstić information content (AvgIpc) is 2.50. The van der Waals surface area contributed by atoms with E-state index in [0.29, 0.717) is 25.5 Å². The predicted octanol–water partition coefficient (Wildman–Crippen LogP) is 2.03. The summed E-state index contributed by atoms with van der Waals surface area (Å²) < 4.78 is 11.2. The minimum atomic E-state index is -0.227. The fraction of sp³-hybridized carbons (Fsp3) is 0.333. The van der Waals surface area contributed by atoms with Crippen LogP contribution in [0.2, 0.25) is 0 Å². The maximum Gasteiger partial charge on any atom is 0.289 e. The molecule has 0 saturated carbocycles. The van der Waals surface area contributed by atoms with E-state index in [-0.39, 0.29) is 22.5 Å². The molecule has 5 heteroatoms. The number of benzene rings is 1. The van der Waals surface area contributed by atoms with Crippen molar-refractivity contribution in [1.82, 2.24) is 4.90 Å². The molecule has 0 radical (unpaired) electrons. The van der Waals surface area contributed by atoms with Gasteiger partial charge in [-0.05, 0) is 25.0 Å². The number of aryl methyl sites for hydroxylation is 1. The molecule has 1 spiro atoms. The van der Waals surface area contributed by atoms with E-state index in [2.05, 4.69) is 6.07 Å². The van der Waals surface area contributed by atoms with E-state index in [1.165, 1.54) is 17.7 Å². The van der Waals surface area contributed by atoms with Gasteiger partial charge < -0.3 is 14.1 Å². The number of ether oxygens (including phenoxy) is 1. The van der Waals surface area contributed by atoms with Crippen LogP contribution in [0.4, 0.5) is 0 Å². The van der Waals surface area contributed by atoms with Gasteiger partial charge in [-0.1, -0.05) is 18.2 Å². The number of hydrogen-bond donors (Lipinski definition) is 0. The van der Waals surface area contributed by atoms with Crippen LogP contribution in [0.3, 0.4) is 0 Å². The van der Waals surface area contributed by atoms with Gasteiger partial charge in [0.15, 0.2) is 11.2 Å². The molecule has 3 heterocycles. The molecular weight excluding hydrogens is 294 g/mol. The topological polar surface area (TPSA) is 59.8 Å². The quantitative estimate of drug-likeness (QED) is 0.808. The van der Waals surface area contributed by atoms with Crippen LogP contribution >= 0.6 is 0 Å². The van der Waals surface area contributed by atoms with Gasteiger partial charge >= 0.3 is 0 Å². The zero-order chi connectivity index (χ0) is 16.0. The van der Waals surface area contributed by atoms with Crippen LogP contribution in [-0.4, -0.2) is 30.5 Å². The van der Waals surface area contributed by atoms with Crippen molar-refractivity contribution in [2.24, 2.45) is 5.41 Å². The van der Waals surface area contributed by atoms with Crippen molar-refractivity contribution in [3.8, 4) is 5.75 Å². The second-order valence-corrected chi connectivity index (χ2v) is 6.50. The summed E-state index contributed by atoms with van der Waals surface area (Å²) in [5.74, 6) is 1.27. The second kappa shape index (κ2) is 4.98. The molecule has 5 nitrogen and oxygen atoms in total. The van der Waals surface area contributed by atoms with Crippen LogP contribution < -0.4 is 10.2 Å². The Morgan fingerprint density at radius 3 is 2.78 bits per heavy atom. The Labute approximate surface area is 133 Å². The van der Waals surface area contributed by atoms with Crippen LogP contribution in [0.5, 0.6) is 5.75 Å². The summed E-state index contributed by atoms with van der Waals surface area (Å²) in [4.78, 5) is 25.7. The largest absolute Gasteiger partial charge is 0.493 e. The summed E-state index contributed by atoms with van der Waals surface area (Å²) in [6.45, 7) is 3.53. The standard InChI is InChI=1S/C18H17NO4/c1-12-6-14(20)7-16(23-12)17(21)19-9-18(10-19)8-13-4-2-3-5-15(13)22-11-18/h2-7H,8-11H2,1H3. The number of para-hydroxylation sites is 1. The summed E-state index contributed by atoms with van der Waals surface area (Å²) in [7, 11) is 0. The Bertz CT molecular complexity index is 833. The first-order valence-electron chi connectivity index (χ1n) is 7.67. The van der Waals surface area contributed by atoms with E-state index in [1.807, 2.05) is 18.2 Å². The van der Waals surface area contributed by atoms with Crippen molar-refractivity contribution >= 4 is 5.91 Å². The van der Waals surface area contributed by atoms with E-state index >= 15 is 0 Å². The van der Waals surface area contributed by atoms with E-state index < -0.39 is 0 Å². The first-order chi connectivity index (χ1) is 11.0. The third kappa shape index (κ3) is 2.42. The minimum Gasteiger partial charge on any atom is -0.493 e. The SMILES string of the molecule is Cc1cc(=O)cc(C(=O)N2CC3(COc4ccccc4C3)C2)o1. The molecule has 118 valence electrons. The van der Waals surface area contributed by atoms with Gasteiger partial charge in [0, 0.05) is 30.6 Å². The number of nitrogens with zero attached hydrogens (tertiary/aromatic N) is 1. The van der Waals surface area contributed by atoms with Gasteiger partial charge in [0.2, 0.25) is 0 Å². The third-order valence-electron chi connectivity index (χ3n) is 4.51. The highest BCUT2D eigenvalue weighted by Gasteiger charge is 2.48. The van der Waals surface area contributed by atoms with Gasteiger partial charge in [-0.25, -0.2) is 0 Å². The monoisotopic (exact) mass is 311 g/mol. The first kappa shape index (κ1) is 14.1. The van der Waals surface area contributed by atoms with E-state index in [0.717, 1.165) is 12.2 Å². The number of carbonyl (C=O) groups is 1. The number of hydrogen-bond acceptors (Lipinski definition) is 4. The molecule has 1 aromatic carbocycles. The lowest BCUT2D eigenvalue weighted by Gasteiger charge is -2.51. The van der Waals surface area contributed by atoms with Gasteiger partial charge in [0.25, 0.3) is 5.91 Å². The van der Waals surface area contributed by atoms with E-state index in [1.54, 1.807) is 11.8 Å². The van der Waals surface area contributed by atoms with Crippen LogP contribution in [0.15, 0.2) is 45.6 Å². The van der Waals surface area contributed by atoms with Gasteiger partial charge in [0.1, 0.15) is 11.5 Å². The van der Waals surface area contributed by atoms with Crippen molar-refractivity contribution in [3.05, 3.63) is 63.7 Å². The maximum atomic E-state index is 12.5. The minimum absolute atomic E-state index is 0.0197. The molecule has 1 aromatic heterocycles. The molecule has 23 heavy (non-hydrogen) atoms. The lowest BCUT2D eigenvalue weighted by atomic mass is 9.74. The lowest BCUT2D eigenvalue weighted by Crippen LogP contribution is -2.62. The number of amides is 1. The molecule has 1 amide bonds. The number of rotatable bonds is 1. The molecule has 4 rings (SSSR count). The van der Waals surface area contributed by atoms with Gasteiger partial charge in [-0.2, -0.15) is 0 Å². The zero-order valence-corrected chi connectivity index (χ0v) is 12.9. The summed E-state index contributed by atoms with van der Waals surface area (Å²) in [6, 6.07) is 10.6. The van der Waals surface area contributed by atoms with Crippen LogP contribution in [-0.2, 0) is 6.42 Å². The summed E-state index contributed by atoms with van der Waals surface area (Å²) in [5.41, 5.74) is 0.962. The van der Waals surface area contributed by atoms with Gasteiger partial charge in [0.05, 0.1) is 6.61 Å². The van der Waals surface area contributed by atoms with Gasteiger partial charge in [-0.3, -0.25) is 9.59 Å². The Morgan fingerprint density at radius 1 is 1.22 bits per heavy atom. The average molecular weight is 311 g/mol. The summed E-state index contributed by atoms with van der Waals surface area (Å²) >= 11 is 0. The number of likely N-dealkylation sites (tertiary alicyclic amines) is 1. The molecule has 1 saturated heterocycles. The third-order valence-corrected chi connectivity index (χ3v) is 4.51. The molecule has 0 unspecified atom stereocenters. The Hall–Kier alpha value is -2.56. The highest BCUT2D eigenvalue weighted by atomic mass is 16.5. The highest BCUT2D eigenvalue weighted by molar-refractivity contribution is 5.92. The zero-order valence-electron chi connectivity index (χ0n) is 12.9. The molecule has 0 atom stereocenters. The Kier molecular flexibility index (Phi) is 3.04. The van der Waals surface area contributed by atoms with Crippen molar-refractivity contribution < 1.29 is 13.9 Å². The van der Waals surface area contributed by atoms with E-state index in [4.69, 9.17) is 9.15 Å². The summed E-state index contributed by atoms with van der Waals surface area (Å²) in [6.07, 6.45) is 0.907. The second-order valence-electron chi connectivity index (χ2n) is 6.50. The molecule has 2 aliphatic heterocycles. The van der Waals surface area contributed by atoms with Gasteiger partial charge in [-0.15, -0.1) is 0 Å². The molecule has 0 bridgehead atoms. The fourth-order valence-corrected chi connectivity index (χ4v) is 3.45. The van der Waals surface area contributed by atoms with Crippen LogP contribution in [0.1, 0.15) is 21.9 Å².